The van der Waals surface area contributed by atoms with Gasteiger partial charge in [-0.15, -0.1) is 11.8 Å². The number of guanidine groups is 1. The van der Waals surface area contributed by atoms with E-state index in [4.69, 9.17) is 9.47 Å². The van der Waals surface area contributed by atoms with Crippen molar-refractivity contribution < 1.29 is 9.47 Å². The molecule has 0 spiro atoms. The Morgan fingerprint density at radius 3 is 2.67 bits per heavy atom. The van der Waals surface area contributed by atoms with Gasteiger partial charge in [-0.25, -0.2) is 4.99 Å². The lowest BCUT2D eigenvalue weighted by Crippen LogP contribution is -2.47. The first-order chi connectivity index (χ1) is 10.3. The van der Waals surface area contributed by atoms with Crippen LogP contribution >= 0.6 is 11.8 Å². The number of piperidine rings is 1. The molecule has 1 unspecified atom stereocenters. The van der Waals surface area contributed by atoms with E-state index in [1.54, 1.807) is 18.9 Å². The summed E-state index contributed by atoms with van der Waals surface area (Å²) in [5.74, 6) is 0.997. The van der Waals surface area contributed by atoms with Crippen LogP contribution in [-0.2, 0) is 9.47 Å². The second-order valence-corrected chi connectivity index (χ2v) is 5.59. The highest BCUT2D eigenvalue weighted by Gasteiger charge is 2.23. The molecule has 0 radical (unpaired) electrons. The van der Waals surface area contributed by atoms with E-state index < -0.39 is 0 Å². The van der Waals surface area contributed by atoms with Crippen LogP contribution in [0.4, 0.5) is 0 Å². The molecule has 1 saturated heterocycles. The first-order valence-electron chi connectivity index (χ1n) is 7.72. The molecule has 0 aromatic heterocycles. The summed E-state index contributed by atoms with van der Waals surface area (Å²) in [5.41, 5.74) is 0. The van der Waals surface area contributed by atoms with Crippen molar-refractivity contribution in [1.29, 1.82) is 0 Å². The molecule has 6 heteroatoms. The number of methoxy groups -OCH3 is 1. The fourth-order valence-electron chi connectivity index (χ4n) is 2.24. The molecule has 0 aromatic rings. The van der Waals surface area contributed by atoms with Gasteiger partial charge in [-0.2, -0.15) is 0 Å². The van der Waals surface area contributed by atoms with Gasteiger partial charge in [0.2, 0.25) is 0 Å². The van der Waals surface area contributed by atoms with Crippen LogP contribution in [0.15, 0.2) is 17.3 Å². The van der Waals surface area contributed by atoms with Gasteiger partial charge < -0.3 is 19.7 Å². The number of hydrogen-bond acceptors (Lipinski definition) is 6. The van der Waals surface area contributed by atoms with E-state index in [1.165, 1.54) is 0 Å². The summed E-state index contributed by atoms with van der Waals surface area (Å²) >= 11 is 1.75. The Kier molecular flexibility index (Phi) is 9.54. The van der Waals surface area contributed by atoms with Crippen molar-refractivity contribution in [3.05, 3.63) is 12.3 Å². The second kappa shape index (κ2) is 10.9. The van der Waals surface area contributed by atoms with Crippen LogP contribution in [0, 0.1) is 0 Å². The fraction of sp³-hybridized carbons (Fsp3) is 0.800. The highest BCUT2D eigenvalue weighted by atomic mass is 32.2. The van der Waals surface area contributed by atoms with Crippen LogP contribution in [0.5, 0.6) is 0 Å². The average molecular weight is 315 g/mol. The van der Waals surface area contributed by atoms with Crippen LogP contribution in [0.3, 0.4) is 0 Å². The Hall–Kier alpha value is -0.720. The van der Waals surface area contributed by atoms with Gasteiger partial charge in [0.15, 0.2) is 5.96 Å². The zero-order valence-electron chi connectivity index (χ0n) is 13.7. The SMILES string of the molecule is CC.COCCOC1CCN(C2=NC(SC)C=CN2)CC1. The van der Waals surface area contributed by atoms with Crippen molar-refractivity contribution >= 4 is 17.7 Å². The van der Waals surface area contributed by atoms with E-state index in [0.29, 0.717) is 19.3 Å². The molecule has 0 saturated carbocycles. The largest absolute Gasteiger partial charge is 0.382 e. The Morgan fingerprint density at radius 1 is 1.33 bits per heavy atom. The minimum atomic E-state index is 0.243. The molecule has 122 valence electrons. The van der Waals surface area contributed by atoms with Crippen LogP contribution in [0.1, 0.15) is 26.7 Å². The molecule has 0 bridgehead atoms. The number of thioether (sulfide) groups is 1. The fourth-order valence-corrected chi connectivity index (χ4v) is 2.68. The summed E-state index contributed by atoms with van der Waals surface area (Å²) in [6.07, 6.45) is 8.62. The van der Waals surface area contributed by atoms with Gasteiger partial charge in [0.1, 0.15) is 5.37 Å². The lowest BCUT2D eigenvalue weighted by molar-refractivity contribution is -0.00670. The lowest BCUT2D eigenvalue weighted by atomic mass is 10.1. The first kappa shape index (κ1) is 18.3. The van der Waals surface area contributed by atoms with Crippen molar-refractivity contribution in [3.8, 4) is 0 Å². The van der Waals surface area contributed by atoms with Gasteiger partial charge in [-0.3, -0.25) is 0 Å². The maximum Gasteiger partial charge on any atom is 0.199 e. The predicted molar refractivity (Wildman–Crippen MR) is 90.8 cm³/mol. The predicted octanol–water partition coefficient (Wildman–Crippen LogP) is 2.30. The number of hydrogen-bond donors (Lipinski definition) is 1. The van der Waals surface area contributed by atoms with Gasteiger partial charge in [-0.05, 0) is 25.2 Å². The van der Waals surface area contributed by atoms with Crippen molar-refractivity contribution in [2.45, 2.75) is 38.2 Å². The van der Waals surface area contributed by atoms with E-state index in [1.807, 2.05) is 20.0 Å². The van der Waals surface area contributed by atoms with Crippen molar-refractivity contribution in [2.24, 2.45) is 4.99 Å². The quantitative estimate of drug-likeness (QED) is 0.789. The Labute approximate surface area is 133 Å². The number of nitrogens with one attached hydrogen (secondary N) is 1. The van der Waals surface area contributed by atoms with Crippen molar-refractivity contribution in [3.63, 3.8) is 0 Å². The first-order valence-corrected chi connectivity index (χ1v) is 9.01. The van der Waals surface area contributed by atoms with Gasteiger partial charge >= 0.3 is 0 Å². The van der Waals surface area contributed by atoms with E-state index >= 15 is 0 Å². The minimum absolute atomic E-state index is 0.243. The topological polar surface area (TPSA) is 46.1 Å². The summed E-state index contributed by atoms with van der Waals surface area (Å²) in [6, 6.07) is 0. The van der Waals surface area contributed by atoms with Gasteiger partial charge in [0.25, 0.3) is 0 Å². The minimum Gasteiger partial charge on any atom is -0.382 e. The summed E-state index contributed by atoms with van der Waals surface area (Å²) in [5, 5.41) is 3.48. The Bertz CT molecular complexity index is 329. The molecule has 0 aromatic carbocycles. The van der Waals surface area contributed by atoms with Crippen molar-refractivity contribution in [2.75, 3.05) is 39.7 Å². The smallest absolute Gasteiger partial charge is 0.199 e. The third-order valence-corrected chi connectivity index (χ3v) is 4.09. The molecule has 21 heavy (non-hydrogen) atoms. The number of rotatable bonds is 5. The van der Waals surface area contributed by atoms with E-state index in [9.17, 15) is 0 Å². The summed E-state index contributed by atoms with van der Waals surface area (Å²) < 4.78 is 10.8. The maximum atomic E-state index is 5.77. The summed E-state index contributed by atoms with van der Waals surface area (Å²) in [6.45, 7) is 7.36. The molecule has 5 nitrogen and oxygen atoms in total. The molecule has 0 amide bonds. The Morgan fingerprint density at radius 2 is 2.05 bits per heavy atom. The number of nitrogens with zero attached hydrogens (tertiary/aromatic N) is 2. The van der Waals surface area contributed by atoms with Crippen LogP contribution in [0.25, 0.3) is 0 Å². The monoisotopic (exact) mass is 315 g/mol. The van der Waals surface area contributed by atoms with Crippen LogP contribution in [0.2, 0.25) is 0 Å². The number of ether oxygens (including phenoxy) is 2. The molecule has 1 N–H and O–H groups in total. The van der Waals surface area contributed by atoms with E-state index in [2.05, 4.69) is 27.5 Å². The summed E-state index contributed by atoms with van der Waals surface area (Å²) in [7, 11) is 1.70. The molecule has 2 aliphatic rings. The highest BCUT2D eigenvalue weighted by molar-refractivity contribution is 7.99. The Balaban J connectivity index is 0.00000106. The normalized spacial score (nSPS) is 22.2. The van der Waals surface area contributed by atoms with E-state index in [0.717, 1.165) is 31.9 Å². The average Bonchev–Trinajstić information content (AvgIpc) is 2.57. The van der Waals surface area contributed by atoms with Crippen LogP contribution < -0.4 is 5.32 Å². The maximum absolute atomic E-state index is 5.77. The van der Waals surface area contributed by atoms with Gasteiger partial charge in [-0.1, -0.05) is 13.8 Å². The molecule has 1 fully saturated rings. The third kappa shape index (κ3) is 6.28. The second-order valence-electron chi connectivity index (χ2n) is 4.63. The standard InChI is InChI=1S/C13H23N3O2S.C2H6/c1-17-9-10-18-11-4-7-16(8-5-11)13-14-6-3-12(15-13)19-2;1-2/h3,6,11-12H,4-5,7-10H2,1-2H3,(H,14,15);1-2H3. The number of aliphatic imine (C=N–C) groups is 1. The lowest BCUT2D eigenvalue weighted by Gasteiger charge is -2.35. The van der Waals surface area contributed by atoms with E-state index in [-0.39, 0.29) is 5.37 Å². The van der Waals surface area contributed by atoms with Gasteiger partial charge in [0, 0.05) is 26.4 Å². The van der Waals surface area contributed by atoms with Crippen LogP contribution in [-0.4, -0.2) is 62.0 Å². The third-order valence-electron chi connectivity index (χ3n) is 3.35. The highest BCUT2D eigenvalue weighted by Crippen LogP contribution is 2.17. The molecule has 1 atom stereocenters. The van der Waals surface area contributed by atoms with Gasteiger partial charge in [0.05, 0.1) is 19.3 Å². The zero-order chi connectivity index (χ0) is 15.5. The van der Waals surface area contributed by atoms with Crippen molar-refractivity contribution in [1.82, 2.24) is 10.2 Å². The number of likely N-dealkylation sites (tertiary alicyclic amines) is 1. The molecular formula is C15H29N3O2S. The molecule has 2 heterocycles. The molecular weight excluding hydrogens is 286 g/mol. The zero-order valence-corrected chi connectivity index (χ0v) is 14.5. The molecule has 2 rings (SSSR count). The molecule has 2 aliphatic heterocycles. The molecule has 0 aliphatic carbocycles. The summed E-state index contributed by atoms with van der Waals surface area (Å²) in [4.78, 5) is 6.98.